The molecule has 2 N–H and O–H groups in total. The Labute approximate surface area is 160 Å². The number of nitrogens with zero attached hydrogens (tertiary/aromatic N) is 2. The van der Waals surface area contributed by atoms with Gasteiger partial charge < -0.3 is 20.4 Å². The number of hydrogen-bond acceptors (Lipinski definition) is 3. The number of likely N-dealkylation sites (tertiary alicyclic amines) is 1. The standard InChI is InChI=1S/C18H28Cl2N4O/c1-12(15-6-5-13(11-21-2)16(19)17(15)20)22-18(25)24(4)14-7-9-23(3)10-8-14/h5-6,12,14,21H,7-11H2,1-4H3,(H,22,25). The third-order valence-electron chi connectivity index (χ3n) is 4.92. The molecule has 1 atom stereocenters. The van der Waals surface area contributed by atoms with Crippen molar-refractivity contribution < 1.29 is 4.79 Å². The molecule has 0 aromatic heterocycles. The molecule has 1 saturated heterocycles. The zero-order valence-corrected chi connectivity index (χ0v) is 16.9. The number of carbonyl (C=O) groups excluding carboxylic acids is 1. The zero-order chi connectivity index (χ0) is 18.6. The van der Waals surface area contributed by atoms with Crippen LogP contribution in [0.2, 0.25) is 10.0 Å². The minimum Gasteiger partial charge on any atom is -0.331 e. The molecule has 140 valence electrons. The first-order chi connectivity index (χ1) is 11.8. The van der Waals surface area contributed by atoms with Crippen LogP contribution in [-0.4, -0.2) is 56.1 Å². The highest BCUT2D eigenvalue weighted by Gasteiger charge is 2.25. The van der Waals surface area contributed by atoms with Gasteiger partial charge in [-0.05, 0) is 58.1 Å². The molecule has 2 rings (SSSR count). The van der Waals surface area contributed by atoms with Crippen molar-refractivity contribution in [2.75, 3.05) is 34.2 Å². The van der Waals surface area contributed by atoms with Crippen LogP contribution < -0.4 is 10.6 Å². The first-order valence-electron chi connectivity index (χ1n) is 8.68. The lowest BCUT2D eigenvalue weighted by molar-refractivity contribution is 0.146. The topological polar surface area (TPSA) is 47.6 Å². The number of carbonyl (C=O) groups is 1. The quantitative estimate of drug-likeness (QED) is 0.813. The van der Waals surface area contributed by atoms with Crippen molar-refractivity contribution >= 4 is 29.2 Å². The number of piperidine rings is 1. The van der Waals surface area contributed by atoms with Crippen LogP contribution in [0.3, 0.4) is 0 Å². The average Bonchev–Trinajstić information content (AvgIpc) is 2.59. The number of rotatable bonds is 5. The Bertz CT molecular complexity index is 603. The molecule has 25 heavy (non-hydrogen) atoms. The van der Waals surface area contributed by atoms with Gasteiger partial charge in [-0.25, -0.2) is 4.79 Å². The molecule has 0 aliphatic carbocycles. The van der Waals surface area contributed by atoms with Crippen LogP contribution >= 0.6 is 23.2 Å². The summed E-state index contributed by atoms with van der Waals surface area (Å²) < 4.78 is 0. The second kappa shape index (κ2) is 9.08. The van der Waals surface area contributed by atoms with Gasteiger partial charge in [0, 0.05) is 19.6 Å². The van der Waals surface area contributed by atoms with E-state index in [9.17, 15) is 4.79 Å². The molecule has 1 aromatic rings. The number of halogens is 2. The minimum atomic E-state index is -0.213. The van der Waals surface area contributed by atoms with Crippen molar-refractivity contribution in [2.24, 2.45) is 0 Å². The van der Waals surface area contributed by atoms with Gasteiger partial charge in [-0.15, -0.1) is 0 Å². The maximum atomic E-state index is 12.6. The Morgan fingerprint density at radius 3 is 2.56 bits per heavy atom. The molecule has 1 aliphatic heterocycles. The minimum absolute atomic E-state index is 0.0754. The number of amides is 2. The molecule has 2 amide bonds. The molecule has 0 bridgehead atoms. The third kappa shape index (κ3) is 5.00. The van der Waals surface area contributed by atoms with Crippen molar-refractivity contribution in [3.63, 3.8) is 0 Å². The monoisotopic (exact) mass is 386 g/mol. The van der Waals surface area contributed by atoms with E-state index in [2.05, 4.69) is 22.6 Å². The number of urea groups is 1. The van der Waals surface area contributed by atoms with Crippen molar-refractivity contribution in [2.45, 2.75) is 38.4 Å². The summed E-state index contributed by atoms with van der Waals surface area (Å²) in [5, 5.41) is 7.15. The summed E-state index contributed by atoms with van der Waals surface area (Å²) in [4.78, 5) is 16.7. The molecule has 0 spiro atoms. The van der Waals surface area contributed by atoms with E-state index >= 15 is 0 Å². The molecule has 1 aliphatic rings. The molecular formula is C18H28Cl2N4O. The summed E-state index contributed by atoms with van der Waals surface area (Å²) in [5.74, 6) is 0. The first kappa shape index (κ1) is 20.3. The Morgan fingerprint density at radius 1 is 1.32 bits per heavy atom. The van der Waals surface area contributed by atoms with Gasteiger partial charge in [0.15, 0.2) is 0 Å². The van der Waals surface area contributed by atoms with Crippen LogP contribution in [0.1, 0.15) is 36.9 Å². The van der Waals surface area contributed by atoms with E-state index < -0.39 is 0 Å². The number of benzene rings is 1. The van der Waals surface area contributed by atoms with Crippen molar-refractivity contribution in [3.8, 4) is 0 Å². The van der Waals surface area contributed by atoms with E-state index in [0.717, 1.165) is 37.1 Å². The average molecular weight is 387 g/mol. The molecule has 1 aromatic carbocycles. The third-order valence-corrected chi connectivity index (χ3v) is 5.86. The second-order valence-corrected chi connectivity index (χ2v) is 7.54. The first-order valence-corrected chi connectivity index (χ1v) is 9.44. The van der Waals surface area contributed by atoms with E-state index in [1.54, 1.807) is 0 Å². The SMILES string of the molecule is CNCc1ccc(C(C)NC(=O)N(C)C2CCN(C)CC2)c(Cl)c1Cl. The second-order valence-electron chi connectivity index (χ2n) is 6.79. The Morgan fingerprint density at radius 2 is 1.96 bits per heavy atom. The molecule has 1 unspecified atom stereocenters. The van der Waals surface area contributed by atoms with E-state index in [1.165, 1.54) is 0 Å². The lowest BCUT2D eigenvalue weighted by atomic mass is 10.0. The fourth-order valence-electron chi connectivity index (χ4n) is 3.18. The summed E-state index contributed by atoms with van der Waals surface area (Å²) in [6, 6.07) is 3.87. The van der Waals surface area contributed by atoms with Crippen LogP contribution in [0, 0.1) is 0 Å². The molecular weight excluding hydrogens is 359 g/mol. The van der Waals surface area contributed by atoms with Crippen LogP contribution in [0.15, 0.2) is 12.1 Å². The van der Waals surface area contributed by atoms with Gasteiger partial charge in [-0.3, -0.25) is 0 Å². The van der Waals surface area contributed by atoms with E-state index in [1.807, 2.05) is 38.1 Å². The van der Waals surface area contributed by atoms with Crippen molar-refractivity contribution in [3.05, 3.63) is 33.3 Å². The highest BCUT2D eigenvalue weighted by Crippen LogP contribution is 2.33. The van der Waals surface area contributed by atoms with Gasteiger partial charge >= 0.3 is 6.03 Å². The lowest BCUT2D eigenvalue weighted by Crippen LogP contribution is -2.48. The van der Waals surface area contributed by atoms with E-state index in [4.69, 9.17) is 23.2 Å². The van der Waals surface area contributed by atoms with Crippen LogP contribution in [0.4, 0.5) is 4.79 Å². The zero-order valence-electron chi connectivity index (χ0n) is 15.4. The normalized spacial score (nSPS) is 17.4. The Balaban J connectivity index is 2.02. The van der Waals surface area contributed by atoms with Crippen LogP contribution in [0.5, 0.6) is 0 Å². The Kier molecular flexibility index (Phi) is 7.37. The largest absolute Gasteiger partial charge is 0.331 e. The van der Waals surface area contributed by atoms with Crippen LogP contribution in [0.25, 0.3) is 0 Å². The molecule has 1 heterocycles. The maximum absolute atomic E-state index is 12.6. The maximum Gasteiger partial charge on any atom is 0.317 e. The Hall–Kier alpha value is -1.01. The predicted molar refractivity (Wildman–Crippen MR) is 104 cm³/mol. The summed E-state index contributed by atoms with van der Waals surface area (Å²) in [6.07, 6.45) is 2.00. The van der Waals surface area contributed by atoms with Crippen LogP contribution in [-0.2, 0) is 6.54 Å². The van der Waals surface area contributed by atoms with Crippen molar-refractivity contribution in [1.29, 1.82) is 0 Å². The lowest BCUT2D eigenvalue weighted by Gasteiger charge is -2.35. The molecule has 0 radical (unpaired) electrons. The van der Waals surface area contributed by atoms with E-state index in [0.29, 0.717) is 16.6 Å². The summed E-state index contributed by atoms with van der Waals surface area (Å²) in [5.41, 5.74) is 1.77. The van der Waals surface area contributed by atoms with Gasteiger partial charge in [0.2, 0.25) is 0 Å². The van der Waals surface area contributed by atoms with Gasteiger partial charge in [0.1, 0.15) is 0 Å². The smallest absolute Gasteiger partial charge is 0.317 e. The fourth-order valence-corrected chi connectivity index (χ4v) is 3.77. The van der Waals surface area contributed by atoms with Gasteiger partial charge in [0.05, 0.1) is 16.1 Å². The van der Waals surface area contributed by atoms with E-state index in [-0.39, 0.29) is 18.1 Å². The van der Waals surface area contributed by atoms with Crippen molar-refractivity contribution in [1.82, 2.24) is 20.4 Å². The summed E-state index contributed by atoms with van der Waals surface area (Å²) in [6.45, 7) is 4.62. The number of hydrogen-bond donors (Lipinski definition) is 2. The van der Waals surface area contributed by atoms with Gasteiger partial charge in [0.25, 0.3) is 0 Å². The molecule has 7 heteroatoms. The fraction of sp³-hybridized carbons (Fsp3) is 0.611. The highest BCUT2D eigenvalue weighted by atomic mass is 35.5. The van der Waals surface area contributed by atoms with Gasteiger partial charge in [-0.1, -0.05) is 35.3 Å². The number of nitrogens with one attached hydrogen (secondary N) is 2. The predicted octanol–water partition coefficient (Wildman–Crippen LogP) is 3.51. The molecule has 5 nitrogen and oxygen atoms in total. The highest BCUT2D eigenvalue weighted by molar-refractivity contribution is 6.43. The molecule has 0 saturated carbocycles. The molecule has 1 fully saturated rings. The van der Waals surface area contributed by atoms with Gasteiger partial charge in [-0.2, -0.15) is 0 Å². The summed E-state index contributed by atoms with van der Waals surface area (Å²) in [7, 11) is 5.84. The summed E-state index contributed by atoms with van der Waals surface area (Å²) >= 11 is 12.8.